The van der Waals surface area contributed by atoms with Crippen LogP contribution in [0.4, 0.5) is 0 Å². The van der Waals surface area contributed by atoms with E-state index in [1.807, 2.05) is 65.4 Å². The summed E-state index contributed by atoms with van der Waals surface area (Å²) in [4.78, 5) is 10.8. The van der Waals surface area contributed by atoms with Crippen LogP contribution in [0.2, 0.25) is 0 Å². The van der Waals surface area contributed by atoms with Crippen LogP contribution >= 0.6 is 0 Å². The van der Waals surface area contributed by atoms with Crippen molar-refractivity contribution in [2.45, 2.75) is 6.61 Å². The minimum Gasteiger partial charge on any atom is -0.487 e. The van der Waals surface area contributed by atoms with E-state index in [0.717, 1.165) is 23.3 Å². The maximum atomic E-state index is 10.8. The van der Waals surface area contributed by atoms with Crippen LogP contribution in [0.15, 0.2) is 73.1 Å². The van der Waals surface area contributed by atoms with E-state index in [2.05, 4.69) is 0 Å². The van der Waals surface area contributed by atoms with Gasteiger partial charge in [0.1, 0.15) is 12.4 Å². The number of nitrogens with zero attached hydrogens (tertiary/aromatic N) is 1. The summed E-state index contributed by atoms with van der Waals surface area (Å²) in [6.07, 6.45) is 4.48. The van der Waals surface area contributed by atoms with Crippen LogP contribution in [-0.2, 0) is 6.61 Å². The van der Waals surface area contributed by atoms with Gasteiger partial charge in [0.05, 0.1) is 5.69 Å². The predicted octanol–water partition coefficient (Wildman–Crippen LogP) is 3.87. The van der Waals surface area contributed by atoms with Gasteiger partial charge in [-0.1, -0.05) is 42.5 Å². The largest absolute Gasteiger partial charge is 0.487 e. The van der Waals surface area contributed by atoms with Crippen LogP contribution in [0.5, 0.6) is 5.75 Å². The van der Waals surface area contributed by atoms with Gasteiger partial charge >= 0.3 is 0 Å². The number of aldehydes is 1. The van der Waals surface area contributed by atoms with Gasteiger partial charge in [0.25, 0.3) is 0 Å². The molecule has 0 spiro atoms. The van der Waals surface area contributed by atoms with Gasteiger partial charge in [0, 0.05) is 18.0 Å². The van der Waals surface area contributed by atoms with Crippen LogP contribution in [0.25, 0.3) is 5.69 Å². The van der Waals surface area contributed by atoms with Crippen molar-refractivity contribution >= 4 is 6.29 Å². The Balaban J connectivity index is 1.84. The lowest BCUT2D eigenvalue weighted by Gasteiger charge is -2.12. The number of hydrogen-bond donors (Lipinski definition) is 0. The van der Waals surface area contributed by atoms with Gasteiger partial charge in [0.2, 0.25) is 0 Å². The Hall–Kier alpha value is -2.81. The molecule has 0 N–H and O–H groups in total. The second-order valence-corrected chi connectivity index (χ2v) is 4.71. The summed E-state index contributed by atoms with van der Waals surface area (Å²) in [5.41, 5.74) is 2.68. The topological polar surface area (TPSA) is 31.2 Å². The molecule has 1 aromatic heterocycles. The molecule has 0 amide bonds. The molecule has 1 heterocycles. The first-order valence-corrected chi connectivity index (χ1v) is 6.76. The van der Waals surface area contributed by atoms with Crippen molar-refractivity contribution in [2.24, 2.45) is 0 Å². The van der Waals surface area contributed by atoms with Gasteiger partial charge in [-0.15, -0.1) is 0 Å². The lowest BCUT2D eigenvalue weighted by Crippen LogP contribution is -2.00. The highest BCUT2D eigenvalue weighted by atomic mass is 16.5. The Bertz CT molecular complexity index is 732. The first-order valence-electron chi connectivity index (χ1n) is 6.76. The lowest BCUT2D eigenvalue weighted by molar-refractivity contribution is 0.112. The predicted molar refractivity (Wildman–Crippen MR) is 81.9 cm³/mol. The molecule has 3 nitrogen and oxygen atoms in total. The highest BCUT2D eigenvalue weighted by Crippen LogP contribution is 2.24. The van der Waals surface area contributed by atoms with Crippen LogP contribution < -0.4 is 4.74 Å². The molecule has 0 bridgehead atoms. The van der Waals surface area contributed by atoms with Crippen LogP contribution in [-0.4, -0.2) is 10.9 Å². The Morgan fingerprint density at radius 3 is 2.48 bits per heavy atom. The molecule has 3 aromatic rings. The molecule has 21 heavy (non-hydrogen) atoms. The van der Waals surface area contributed by atoms with E-state index in [1.54, 1.807) is 12.3 Å². The van der Waals surface area contributed by atoms with E-state index in [4.69, 9.17) is 4.74 Å². The monoisotopic (exact) mass is 277 g/mol. The third kappa shape index (κ3) is 3.03. The number of carbonyl (C=O) groups is 1. The average Bonchev–Trinajstić information content (AvgIpc) is 3.03. The summed E-state index contributed by atoms with van der Waals surface area (Å²) >= 11 is 0. The second-order valence-electron chi connectivity index (χ2n) is 4.71. The lowest BCUT2D eigenvalue weighted by atomic mass is 10.2. The summed E-state index contributed by atoms with van der Waals surface area (Å²) in [6, 6.07) is 19.6. The SMILES string of the molecule is O=Cc1ccn(-c2ccccc2OCc2ccccc2)c1. The molecule has 0 radical (unpaired) electrons. The molecule has 0 unspecified atom stereocenters. The summed E-state index contributed by atoms with van der Waals surface area (Å²) in [6.45, 7) is 0.514. The van der Waals surface area contributed by atoms with E-state index in [0.29, 0.717) is 12.2 Å². The minimum absolute atomic E-state index is 0.514. The fourth-order valence-corrected chi connectivity index (χ4v) is 2.16. The molecule has 0 atom stereocenters. The van der Waals surface area contributed by atoms with E-state index < -0.39 is 0 Å². The molecular formula is C18H15NO2. The molecule has 0 aliphatic heterocycles. The molecule has 0 saturated carbocycles. The molecule has 2 aromatic carbocycles. The number of aromatic nitrogens is 1. The van der Waals surface area contributed by atoms with Crippen molar-refractivity contribution in [3.05, 3.63) is 84.2 Å². The number of carbonyl (C=O) groups excluding carboxylic acids is 1. The van der Waals surface area contributed by atoms with Crippen molar-refractivity contribution < 1.29 is 9.53 Å². The first kappa shape index (κ1) is 13.2. The average molecular weight is 277 g/mol. The van der Waals surface area contributed by atoms with Crippen molar-refractivity contribution in [1.29, 1.82) is 0 Å². The molecule has 3 rings (SSSR count). The van der Waals surface area contributed by atoms with E-state index >= 15 is 0 Å². The summed E-state index contributed by atoms with van der Waals surface area (Å²) in [5, 5.41) is 0. The fourth-order valence-electron chi connectivity index (χ4n) is 2.16. The minimum atomic E-state index is 0.514. The van der Waals surface area contributed by atoms with Crippen molar-refractivity contribution in [3.63, 3.8) is 0 Å². The number of rotatable bonds is 5. The third-order valence-corrected chi connectivity index (χ3v) is 3.23. The van der Waals surface area contributed by atoms with Crippen molar-refractivity contribution in [2.75, 3.05) is 0 Å². The smallest absolute Gasteiger partial charge is 0.151 e. The van der Waals surface area contributed by atoms with Crippen LogP contribution in [0, 0.1) is 0 Å². The summed E-state index contributed by atoms with van der Waals surface area (Å²) in [5.74, 6) is 0.786. The highest BCUT2D eigenvalue weighted by molar-refractivity contribution is 5.74. The highest BCUT2D eigenvalue weighted by Gasteiger charge is 2.06. The zero-order valence-corrected chi connectivity index (χ0v) is 11.5. The standard InChI is InChI=1S/C18H15NO2/c20-13-16-10-11-19(12-16)17-8-4-5-9-18(17)21-14-15-6-2-1-3-7-15/h1-13H,14H2. The zero-order chi connectivity index (χ0) is 14.5. The van der Waals surface area contributed by atoms with Gasteiger partial charge in [0.15, 0.2) is 6.29 Å². The second kappa shape index (κ2) is 6.09. The van der Waals surface area contributed by atoms with Crippen molar-refractivity contribution in [3.8, 4) is 11.4 Å². The summed E-state index contributed by atoms with van der Waals surface area (Å²) in [7, 11) is 0. The Kier molecular flexibility index (Phi) is 3.83. The fraction of sp³-hybridized carbons (Fsp3) is 0.0556. The number of hydrogen-bond acceptors (Lipinski definition) is 2. The molecule has 104 valence electrons. The maximum absolute atomic E-state index is 10.8. The Morgan fingerprint density at radius 1 is 0.952 bits per heavy atom. The van der Waals surface area contributed by atoms with E-state index in [1.165, 1.54) is 0 Å². The first-order chi connectivity index (χ1) is 10.4. The van der Waals surface area contributed by atoms with Gasteiger partial charge in [-0.25, -0.2) is 0 Å². The van der Waals surface area contributed by atoms with E-state index in [9.17, 15) is 4.79 Å². The van der Waals surface area contributed by atoms with Gasteiger partial charge in [-0.05, 0) is 23.8 Å². The number of ether oxygens (including phenoxy) is 1. The molecule has 0 fully saturated rings. The molecular weight excluding hydrogens is 262 g/mol. The maximum Gasteiger partial charge on any atom is 0.151 e. The van der Waals surface area contributed by atoms with Gasteiger partial charge < -0.3 is 9.30 Å². The quantitative estimate of drug-likeness (QED) is 0.663. The third-order valence-electron chi connectivity index (χ3n) is 3.23. The number of para-hydroxylation sites is 2. The molecule has 0 aliphatic carbocycles. The van der Waals surface area contributed by atoms with Crippen molar-refractivity contribution in [1.82, 2.24) is 4.57 Å². The van der Waals surface area contributed by atoms with Crippen LogP contribution in [0.3, 0.4) is 0 Å². The van der Waals surface area contributed by atoms with Crippen LogP contribution in [0.1, 0.15) is 15.9 Å². The Morgan fingerprint density at radius 2 is 1.71 bits per heavy atom. The molecule has 0 aliphatic rings. The normalized spacial score (nSPS) is 10.3. The van der Waals surface area contributed by atoms with Gasteiger partial charge in [-0.3, -0.25) is 4.79 Å². The molecule has 3 heteroatoms. The Labute approximate surface area is 123 Å². The van der Waals surface area contributed by atoms with Gasteiger partial charge in [-0.2, -0.15) is 0 Å². The zero-order valence-electron chi connectivity index (χ0n) is 11.5. The summed E-state index contributed by atoms with van der Waals surface area (Å²) < 4.78 is 7.80. The number of benzene rings is 2. The van der Waals surface area contributed by atoms with E-state index in [-0.39, 0.29) is 0 Å². The molecule has 0 saturated heterocycles.